The standard InChI is InChI=1S/C26H31BrO4/c1-5-26(3,4)25(29)31-23-14-18-12-19(23)13-21(18)24(28)30-15(2)16-9-10-20-17(11-16)7-6-8-22(20)27/h6-11,15,18-19,21,23H,5,12-14H2,1-4H3. The Hall–Kier alpha value is -1.88. The lowest BCUT2D eigenvalue weighted by atomic mass is 9.86. The topological polar surface area (TPSA) is 52.6 Å². The van der Waals surface area contributed by atoms with Crippen molar-refractivity contribution in [3.8, 4) is 0 Å². The number of hydrogen-bond acceptors (Lipinski definition) is 4. The number of carbonyl (C=O) groups is 2. The molecule has 2 saturated carbocycles. The van der Waals surface area contributed by atoms with Gasteiger partial charge in [-0.05, 0) is 86.8 Å². The van der Waals surface area contributed by atoms with Gasteiger partial charge in [-0.1, -0.05) is 47.1 Å². The smallest absolute Gasteiger partial charge is 0.311 e. The van der Waals surface area contributed by atoms with E-state index in [0.717, 1.165) is 46.5 Å². The fourth-order valence-corrected chi connectivity index (χ4v) is 5.46. The molecular formula is C26H31BrO4. The van der Waals surface area contributed by atoms with E-state index in [1.165, 1.54) is 0 Å². The predicted molar refractivity (Wildman–Crippen MR) is 124 cm³/mol. The van der Waals surface area contributed by atoms with E-state index in [1.807, 2.05) is 45.9 Å². The molecule has 2 aromatic rings. The number of carbonyl (C=O) groups excluding carboxylic acids is 2. The number of benzene rings is 2. The quantitative estimate of drug-likeness (QED) is 0.431. The van der Waals surface area contributed by atoms with Crippen LogP contribution >= 0.6 is 15.9 Å². The minimum atomic E-state index is -0.453. The summed E-state index contributed by atoms with van der Waals surface area (Å²) in [5.41, 5.74) is 0.543. The van der Waals surface area contributed by atoms with E-state index in [0.29, 0.717) is 0 Å². The molecule has 0 N–H and O–H groups in total. The molecular weight excluding hydrogens is 456 g/mol. The van der Waals surface area contributed by atoms with Gasteiger partial charge in [0.1, 0.15) is 12.2 Å². The lowest BCUT2D eigenvalue weighted by Gasteiger charge is -2.30. The van der Waals surface area contributed by atoms with Gasteiger partial charge in [0, 0.05) is 4.47 Å². The summed E-state index contributed by atoms with van der Waals surface area (Å²) in [5.74, 6) is 0.194. The molecule has 2 bridgehead atoms. The average molecular weight is 487 g/mol. The highest BCUT2D eigenvalue weighted by atomic mass is 79.9. The summed E-state index contributed by atoms with van der Waals surface area (Å²) in [4.78, 5) is 25.4. The second kappa shape index (κ2) is 8.57. The zero-order chi connectivity index (χ0) is 22.3. The van der Waals surface area contributed by atoms with Crippen molar-refractivity contribution < 1.29 is 19.1 Å². The molecule has 0 radical (unpaired) electrons. The van der Waals surface area contributed by atoms with Crippen LogP contribution in [0.3, 0.4) is 0 Å². The summed E-state index contributed by atoms with van der Waals surface area (Å²) in [6, 6.07) is 12.3. The number of halogens is 1. The zero-order valence-corrected chi connectivity index (χ0v) is 20.3. The van der Waals surface area contributed by atoms with Gasteiger partial charge < -0.3 is 9.47 Å². The zero-order valence-electron chi connectivity index (χ0n) is 18.7. The number of fused-ring (bicyclic) bond motifs is 3. The molecule has 5 heteroatoms. The lowest BCUT2D eigenvalue weighted by molar-refractivity contribution is -0.164. The fourth-order valence-electron chi connectivity index (χ4n) is 4.94. The van der Waals surface area contributed by atoms with Crippen LogP contribution < -0.4 is 0 Å². The Morgan fingerprint density at radius 3 is 2.58 bits per heavy atom. The van der Waals surface area contributed by atoms with Gasteiger partial charge in [0.15, 0.2) is 0 Å². The molecule has 0 heterocycles. The normalized spacial score (nSPS) is 26.1. The minimum Gasteiger partial charge on any atom is -0.462 e. The Morgan fingerprint density at radius 1 is 1.13 bits per heavy atom. The highest BCUT2D eigenvalue weighted by molar-refractivity contribution is 9.10. The molecule has 5 unspecified atom stereocenters. The van der Waals surface area contributed by atoms with Crippen LogP contribution in [-0.2, 0) is 19.1 Å². The number of hydrogen-bond donors (Lipinski definition) is 0. The van der Waals surface area contributed by atoms with Crippen LogP contribution in [0, 0.1) is 23.2 Å². The lowest BCUT2D eigenvalue weighted by Crippen LogP contribution is -2.35. The molecule has 166 valence electrons. The van der Waals surface area contributed by atoms with E-state index >= 15 is 0 Å². The molecule has 31 heavy (non-hydrogen) atoms. The fraction of sp³-hybridized carbons (Fsp3) is 0.538. The maximum atomic E-state index is 12.9. The van der Waals surface area contributed by atoms with Gasteiger partial charge in [-0.15, -0.1) is 0 Å². The van der Waals surface area contributed by atoms with Gasteiger partial charge in [0.05, 0.1) is 11.3 Å². The summed E-state index contributed by atoms with van der Waals surface area (Å²) in [7, 11) is 0. The molecule has 0 saturated heterocycles. The van der Waals surface area contributed by atoms with Gasteiger partial charge in [0.2, 0.25) is 0 Å². The highest BCUT2D eigenvalue weighted by Crippen LogP contribution is 2.51. The summed E-state index contributed by atoms with van der Waals surface area (Å²) in [6.07, 6.45) is 2.88. The monoisotopic (exact) mass is 486 g/mol. The molecule has 0 spiro atoms. The molecule has 4 rings (SSSR count). The second-order valence-electron chi connectivity index (χ2n) is 9.81. The van der Waals surface area contributed by atoms with Crippen molar-refractivity contribution in [3.05, 3.63) is 46.4 Å². The third-order valence-corrected chi connectivity index (χ3v) is 8.09. The van der Waals surface area contributed by atoms with Crippen molar-refractivity contribution in [2.75, 3.05) is 0 Å². The third kappa shape index (κ3) is 4.39. The van der Waals surface area contributed by atoms with E-state index in [-0.39, 0.29) is 41.9 Å². The maximum Gasteiger partial charge on any atom is 0.311 e. The summed E-state index contributed by atoms with van der Waals surface area (Å²) in [6.45, 7) is 7.79. The van der Waals surface area contributed by atoms with E-state index < -0.39 is 5.41 Å². The summed E-state index contributed by atoms with van der Waals surface area (Å²) in [5, 5.41) is 2.26. The predicted octanol–water partition coefficient (Wildman–Crippen LogP) is 6.60. The van der Waals surface area contributed by atoms with Crippen molar-refractivity contribution >= 4 is 38.6 Å². The second-order valence-corrected chi connectivity index (χ2v) is 10.7. The number of ether oxygens (including phenoxy) is 2. The SMILES string of the molecule is CCC(C)(C)C(=O)OC1CC2CC1CC2C(=O)OC(C)c1ccc2c(Br)cccc2c1. The van der Waals surface area contributed by atoms with Gasteiger partial charge in [-0.2, -0.15) is 0 Å². The Morgan fingerprint density at radius 2 is 1.90 bits per heavy atom. The van der Waals surface area contributed by atoms with Crippen LogP contribution in [0.1, 0.15) is 65.0 Å². The number of rotatable bonds is 6. The first-order valence-corrected chi connectivity index (χ1v) is 12.1. The van der Waals surface area contributed by atoms with Gasteiger partial charge >= 0.3 is 11.9 Å². The molecule has 0 amide bonds. The molecule has 2 aromatic carbocycles. The van der Waals surface area contributed by atoms with E-state index in [1.54, 1.807) is 0 Å². The Labute approximate surface area is 192 Å². The van der Waals surface area contributed by atoms with Gasteiger partial charge in [-0.3, -0.25) is 9.59 Å². The van der Waals surface area contributed by atoms with Crippen LogP contribution in [0.25, 0.3) is 10.8 Å². The number of esters is 2. The van der Waals surface area contributed by atoms with Crippen LogP contribution in [0.5, 0.6) is 0 Å². The third-order valence-electron chi connectivity index (χ3n) is 7.40. The van der Waals surface area contributed by atoms with E-state index in [9.17, 15) is 9.59 Å². The maximum absolute atomic E-state index is 12.9. The van der Waals surface area contributed by atoms with Crippen LogP contribution in [-0.4, -0.2) is 18.0 Å². The summed E-state index contributed by atoms with van der Waals surface area (Å²) >= 11 is 3.58. The summed E-state index contributed by atoms with van der Waals surface area (Å²) < 4.78 is 12.8. The van der Waals surface area contributed by atoms with Gasteiger partial charge in [-0.25, -0.2) is 0 Å². The first-order valence-electron chi connectivity index (χ1n) is 11.3. The Balaban J connectivity index is 1.36. The Bertz CT molecular complexity index is 998. The van der Waals surface area contributed by atoms with E-state index in [4.69, 9.17) is 9.47 Å². The van der Waals surface area contributed by atoms with E-state index in [2.05, 4.69) is 34.1 Å². The molecule has 2 fully saturated rings. The van der Waals surface area contributed by atoms with Crippen molar-refractivity contribution in [1.82, 2.24) is 0 Å². The van der Waals surface area contributed by atoms with Crippen molar-refractivity contribution in [3.63, 3.8) is 0 Å². The van der Waals surface area contributed by atoms with Crippen molar-refractivity contribution in [2.45, 2.75) is 65.6 Å². The largest absolute Gasteiger partial charge is 0.462 e. The van der Waals surface area contributed by atoms with Crippen LogP contribution in [0.4, 0.5) is 0 Å². The average Bonchev–Trinajstić information content (AvgIpc) is 3.34. The highest BCUT2D eigenvalue weighted by Gasteiger charge is 2.51. The molecule has 2 aliphatic rings. The molecule has 0 aromatic heterocycles. The van der Waals surface area contributed by atoms with Crippen LogP contribution in [0.15, 0.2) is 40.9 Å². The molecule has 5 atom stereocenters. The van der Waals surface area contributed by atoms with Gasteiger partial charge in [0.25, 0.3) is 0 Å². The van der Waals surface area contributed by atoms with Crippen molar-refractivity contribution in [1.29, 1.82) is 0 Å². The first-order chi connectivity index (χ1) is 14.7. The molecule has 0 aliphatic heterocycles. The first kappa shape index (κ1) is 22.3. The minimum absolute atomic E-state index is 0.0521. The van der Waals surface area contributed by atoms with Crippen LogP contribution in [0.2, 0.25) is 0 Å². The molecule has 2 aliphatic carbocycles. The molecule has 4 nitrogen and oxygen atoms in total. The Kier molecular flexibility index (Phi) is 6.17. The van der Waals surface area contributed by atoms with Crippen molar-refractivity contribution in [2.24, 2.45) is 23.2 Å².